The van der Waals surface area contributed by atoms with Crippen LogP contribution in [-0.2, 0) is 9.59 Å². The average Bonchev–Trinajstić information content (AvgIpc) is 0.693. The topological polar surface area (TPSA) is 353 Å². The molecule has 1 aromatic carbocycles. The van der Waals surface area contributed by atoms with E-state index in [-0.39, 0.29) is 68.1 Å². The van der Waals surface area contributed by atoms with Crippen LogP contribution in [0.5, 0.6) is 5.75 Å². The molecule has 8 rings (SSSR count). The fraction of sp³-hybridized carbons (Fsp3) is 0.477. The van der Waals surface area contributed by atoms with Crippen LogP contribution in [0.25, 0.3) is 0 Å². The van der Waals surface area contributed by atoms with Gasteiger partial charge >= 0.3 is 17.9 Å². The molecule has 1 aliphatic rings. The first-order valence-electron chi connectivity index (χ1n) is 36.3. The molecule has 0 saturated carbocycles. The maximum Gasteiger partial charge on any atom is 0.373 e. The van der Waals surface area contributed by atoms with Gasteiger partial charge in [0.2, 0.25) is 5.82 Å². The van der Waals surface area contributed by atoms with Crippen molar-refractivity contribution in [2.24, 2.45) is 21.7 Å². The molecule has 0 atom stereocenters. The molecule has 114 heavy (non-hydrogen) atoms. The number of phenols is 1. The van der Waals surface area contributed by atoms with Crippen LogP contribution < -0.4 is 0 Å². The van der Waals surface area contributed by atoms with Crippen LogP contribution in [0, 0.1) is 188 Å². The number of carboxylic acids is 3. The fourth-order valence-electron chi connectivity index (χ4n) is 11.5. The van der Waals surface area contributed by atoms with Crippen LogP contribution in [0.3, 0.4) is 0 Å². The van der Waals surface area contributed by atoms with E-state index in [0.717, 1.165) is 124 Å². The number of Topliss-reactive ketones (excluding diaryl/α,β-unsaturated/α-hetero) is 3. The third-order valence-electron chi connectivity index (χ3n) is 22.6. The van der Waals surface area contributed by atoms with Crippen molar-refractivity contribution in [3.8, 4) is 5.75 Å². The molecule has 0 amide bonds. The highest BCUT2D eigenvalue weighted by Crippen LogP contribution is 2.67. The lowest BCUT2D eigenvalue weighted by Crippen LogP contribution is -2.58. The molecule has 6 N–H and O–H groups in total. The number of allylic oxidation sites excluding steroid dienone is 4. The summed E-state index contributed by atoms with van der Waals surface area (Å²) in [6, 6.07) is 0. The second kappa shape index (κ2) is 43.4. The number of thiocarbonyl (C=S) groups is 3. The number of aryl methyl sites for hydroxylation is 12. The number of nitrogens with zero attached hydrogens (tertiary/aromatic N) is 10. The van der Waals surface area contributed by atoms with Crippen molar-refractivity contribution >= 4 is 122 Å². The number of hydrogen-bond acceptors (Lipinski definition) is 22. The van der Waals surface area contributed by atoms with Gasteiger partial charge in [0, 0.05) is 56.1 Å². The number of ketones is 3. The highest BCUT2D eigenvalue weighted by Gasteiger charge is 2.62. The van der Waals surface area contributed by atoms with Gasteiger partial charge in [-0.05, 0) is 278 Å². The number of pyridine rings is 2. The molecule has 1 aliphatic carbocycles. The van der Waals surface area contributed by atoms with E-state index in [9.17, 15) is 39.0 Å². The summed E-state index contributed by atoms with van der Waals surface area (Å²) >= 11 is 27.0. The molecule has 0 unspecified atom stereocenters. The Hall–Kier alpha value is -8.54. The van der Waals surface area contributed by atoms with Crippen LogP contribution in [0.1, 0.15) is 284 Å². The lowest BCUT2D eigenvalue weighted by Gasteiger charge is -2.62. The number of aliphatic hydroxyl groups is 2. The lowest BCUT2D eigenvalue weighted by atomic mass is 9.41. The SMILES string of the molecule is CC(=O)/C(C)=C(/C)O.CC(=O)C1=C(O)C(C)(C)C(C)(C)C(C)(C)C1(C)C.CC(=O)c1c(C)c(C)c(C)c(C)c1O.Cc1nc(C(=O)O)c(C)c(C)c1C.Cc1nc(C(=O)O)nc(C)c1C.Cc1nc(C(=S)S)c(C)c(C)c1C.Cc1nc(C(=S)S)nc(C)c1C.Cc1nc(C)c(C(=O)O)nc1C.Cc1nc(C)c(C(=S)S)nc1C. The quantitative estimate of drug-likeness (QED) is 0.0213. The van der Waals surface area contributed by atoms with Crippen molar-refractivity contribution in [3.05, 3.63) is 198 Å². The number of carboxylic acid groups (broad SMARTS) is 3. The molecule has 0 spiro atoms. The van der Waals surface area contributed by atoms with Gasteiger partial charge in [-0.15, -0.1) is 37.9 Å². The van der Waals surface area contributed by atoms with E-state index in [1.54, 1.807) is 55.4 Å². The van der Waals surface area contributed by atoms with Crippen LogP contribution in [-0.4, -0.2) is 128 Å². The van der Waals surface area contributed by atoms with Crippen LogP contribution >= 0.6 is 74.5 Å². The van der Waals surface area contributed by atoms with Crippen molar-refractivity contribution in [1.82, 2.24) is 49.8 Å². The summed E-state index contributed by atoms with van der Waals surface area (Å²) < 4.78 is 1.52. The minimum Gasteiger partial charge on any atom is -0.512 e. The number of phenolic OH excluding ortho intramolecular Hbond substituents is 1. The molecule has 7 aromatic rings. The predicted octanol–water partition coefficient (Wildman–Crippen LogP) is 19.9. The summed E-state index contributed by atoms with van der Waals surface area (Å²) in [4.78, 5) is 107. The van der Waals surface area contributed by atoms with Crippen molar-refractivity contribution in [3.63, 3.8) is 0 Å². The Bertz CT molecular complexity index is 4690. The van der Waals surface area contributed by atoms with E-state index in [1.165, 1.54) is 31.9 Å². The number of hydrogen-bond donors (Lipinski definition) is 9. The van der Waals surface area contributed by atoms with E-state index in [4.69, 9.17) is 57.1 Å². The third kappa shape index (κ3) is 26.5. The number of aromatic nitrogens is 10. The Balaban J connectivity index is 0.00000127. The van der Waals surface area contributed by atoms with Crippen LogP contribution in [0.4, 0.5) is 0 Å². The highest BCUT2D eigenvalue weighted by molar-refractivity contribution is 8.12. The van der Waals surface area contributed by atoms with Crippen LogP contribution in [0.2, 0.25) is 0 Å². The number of thiol groups is 3. The third-order valence-corrected chi connectivity index (χ3v) is 23.8. The summed E-state index contributed by atoms with van der Waals surface area (Å²) in [6.45, 7) is 70.1. The number of aromatic hydroxyl groups is 1. The van der Waals surface area contributed by atoms with E-state index >= 15 is 0 Å². The van der Waals surface area contributed by atoms with Gasteiger partial charge in [-0.3, -0.25) is 29.3 Å². The molecule has 0 aliphatic heterocycles. The van der Waals surface area contributed by atoms with Crippen LogP contribution in [0.15, 0.2) is 22.7 Å². The minimum absolute atomic E-state index is 0.0193. The molecule has 0 fully saturated rings. The van der Waals surface area contributed by atoms with E-state index < -0.39 is 23.3 Å². The largest absolute Gasteiger partial charge is 0.512 e. The summed E-state index contributed by atoms with van der Waals surface area (Å²) in [5.74, 6) is -2.30. The molecule has 0 saturated heterocycles. The van der Waals surface area contributed by atoms with Gasteiger partial charge in [0.05, 0.1) is 59.6 Å². The van der Waals surface area contributed by atoms with Gasteiger partial charge in [0.25, 0.3) is 0 Å². The first-order chi connectivity index (χ1) is 51.6. The van der Waals surface area contributed by atoms with E-state index in [2.05, 4.69) is 143 Å². The number of carbonyl (C=O) groups is 6. The second-order valence-electron chi connectivity index (χ2n) is 30.3. The number of benzene rings is 1. The minimum atomic E-state index is -1.08. The zero-order chi connectivity index (χ0) is 90.1. The van der Waals surface area contributed by atoms with Gasteiger partial charge in [0.1, 0.15) is 21.4 Å². The van der Waals surface area contributed by atoms with Gasteiger partial charge < -0.3 is 30.6 Å². The van der Waals surface area contributed by atoms with Gasteiger partial charge in [-0.25, -0.2) is 49.3 Å². The van der Waals surface area contributed by atoms with Gasteiger partial charge in [0.15, 0.2) is 34.6 Å². The van der Waals surface area contributed by atoms with E-state index in [1.807, 2.05) is 125 Å². The fourth-order valence-corrected chi connectivity index (χ4v) is 12.5. The van der Waals surface area contributed by atoms with Gasteiger partial charge in [-0.1, -0.05) is 92.0 Å². The molecule has 622 valence electrons. The normalized spacial score (nSPS) is 13.1. The molecule has 6 heterocycles. The number of carbonyl (C=O) groups excluding carboxylic acids is 3. The summed E-state index contributed by atoms with van der Waals surface area (Å²) in [5, 5.41) is 55.2. The molecule has 0 radical (unpaired) electrons. The summed E-state index contributed by atoms with van der Waals surface area (Å²) in [7, 11) is 0. The zero-order valence-electron chi connectivity index (χ0n) is 73.7. The Morgan fingerprint density at radius 2 is 0.596 bits per heavy atom. The zero-order valence-corrected chi connectivity index (χ0v) is 78.8. The first-order valence-corrected chi connectivity index (χ1v) is 38.9. The van der Waals surface area contributed by atoms with Crippen molar-refractivity contribution < 1.29 is 59.4 Å². The molecule has 22 nitrogen and oxygen atoms in total. The highest BCUT2D eigenvalue weighted by atomic mass is 32.1. The van der Waals surface area contributed by atoms with Crippen molar-refractivity contribution in [1.29, 1.82) is 0 Å². The maximum absolute atomic E-state index is 12.0. The number of aliphatic hydroxyl groups excluding tert-OH is 2. The maximum atomic E-state index is 12.0. The molecular weight excluding hydrogens is 1560 g/mol. The number of aromatic carboxylic acids is 3. The number of rotatable bonds is 9. The first kappa shape index (κ1) is 105. The Morgan fingerprint density at radius 3 is 0.912 bits per heavy atom. The Kier molecular flexibility index (Phi) is 40.2. The summed E-state index contributed by atoms with van der Waals surface area (Å²) in [6.07, 6.45) is 0. The lowest BCUT2D eigenvalue weighted by molar-refractivity contribution is -0.127. The smallest absolute Gasteiger partial charge is 0.373 e. The second-order valence-corrected chi connectivity index (χ2v) is 33.8. The summed E-state index contributed by atoms with van der Waals surface area (Å²) in [5.41, 5.74) is 24.5. The Morgan fingerprint density at radius 1 is 0.298 bits per heavy atom. The standard InChI is InChI=1S/C16H28O2.C12H16O2.C10H13NO2.C10H13NS2.2C8H10N2O2.2C8H10N2S2.C6H10O2/c1-10(17)11-12(18)14(4,5)16(8,9)15(6,7)13(11,2)3;1-6-7(2)9(4)12(14)11(8(6)3)10(5)13;2*1-5-6(2)8(4)11-9(7(5)3)10(12)13;1-4-5(2)10-7(8(11)12)6(3)9-4;1-4-5(2)9-7(8(11)12)10-6(4)3;1-4-5(2)10-7(8(11)12)6(3)9-4;1-4-5(2)9-7(8(11)12)10-6(4)3;1-4(5(2)7)6(3)8/h18H,1-9H3;14H,1-5H3;2*1-4H3,(H,12,13);4*1-3H3,(H,11,12);7H,1-3H3/b;;;;;;;;5-4-. The molecular formula is C86H120N10O12S6. The molecule has 28 heteroatoms. The molecule has 0 bridgehead atoms. The van der Waals surface area contributed by atoms with Gasteiger partial charge in [-0.2, -0.15) is 0 Å². The molecule has 6 aromatic heterocycles. The predicted molar refractivity (Wildman–Crippen MR) is 478 cm³/mol. The monoisotopic (exact) mass is 1680 g/mol. The average molecular weight is 1680 g/mol. The van der Waals surface area contributed by atoms with Crippen molar-refractivity contribution in [2.75, 3.05) is 0 Å². The van der Waals surface area contributed by atoms with E-state index in [0.29, 0.717) is 46.5 Å². The van der Waals surface area contributed by atoms with Crippen molar-refractivity contribution in [2.45, 2.75) is 256 Å². The Labute approximate surface area is 708 Å².